The van der Waals surface area contributed by atoms with Crippen LogP contribution in [0.4, 0.5) is 5.95 Å². The Kier molecular flexibility index (Phi) is 4.86. The van der Waals surface area contributed by atoms with E-state index >= 15 is 0 Å². The van der Waals surface area contributed by atoms with Gasteiger partial charge in [-0.05, 0) is 37.5 Å². The van der Waals surface area contributed by atoms with Crippen LogP contribution >= 0.6 is 0 Å². The molecule has 1 unspecified atom stereocenters. The normalized spacial score (nSPS) is 16.6. The van der Waals surface area contributed by atoms with Crippen molar-refractivity contribution in [1.29, 1.82) is 0 Å². The van der Waals surface area contributed by atoms with Crippen molar-refractivity contribution in [1.82, 2.24) is 24.6 Å². The van der Waals surface area contributed by atoms with Gasteiger partial charge in [-0.2, -0.15) is 5.10 Å². The summed E-state index contributed by atoms with van der Waals surface area (Å²) >= 11 is 0. The van der Waals surface area contributed by atoms with E-state index in [9.17, 15) is 4.79 Å². The number of carbonyl (C=O) groups excluding carboxylic acids is 1. The summed E-state index contributed by atoms with van der Waals surface area (Å²) in [6.07, 6.45) is 7.64. The van der Waals surface area contributed by atoms with Crippen LogP contribution in [0.3, 0.4) is 0 Å². The first-order chi connectivity index (χ1) is 13.2. The predicted octanol–water partition coefficient (Wildman–Crippen LogP) is 2.35. The quantitative estimate of drug-likeness (QED) is 0.746. The second-order valence-corrected chi connectivity index (χ2v) is 6.78. The van der Waals surface area contributed by atoms with Crippen molar-refractivity contribution in [3.05, 3.63) is 60.1 Å². The molecule has 1 atom stereocenters. The lowest BCUT2D eigenvalue weighted by Crippen LogP contribution is -2.34. The van der Waals surface area contributed by atoms with Crippen LogP contribution in [0.5, 0.6) is 0 Å². The Labute approximate surface area is 157 Å². The molecule has 27 heavy (non-hydrogen) atoms. The van der Waals surface area contributed by atoms with Crippen molar-refractivity contribution in [2.45, 2.75) is 26.4 Å². The summed E-state index contributed by atoms with van der Waals surface area (Å²) in [4.78, 5) is 23.2. The maximum absolute atomic E-state index is 13.0. The highest BCUT2D eigenvalue weighted by Gasteiger charge is 2.28. The number of furan rings is 1. The third-order valence-electron chi connectivity index (χ3n) is 4.81. The number of rotatable bonds is 5. The average Bonchev–Trinajstić information content (AvgIpc) is 3.26. The molecule has 1 aliphatic rings. The van der Waals surface area contributed by atoms with Crippen LogP contribution in [0.25, 0.3) is 0 Å². The number of amides is 1. The largest absolute Gasteiger partial charge is 0.459 e. The number of aryl methyl sites for hydroxylation is 1. The summed E-state index contributed by atoms with van der Waals surface area (Å²) in [7, 11) is 0. The Morgan fingerprint density at radius 1 is 1.26 bits per heavy atom. The van der Waals surface area contributed by atoms with Gasteiger partial charge in [-0.25, -0.2) is 9.97 Å². The third kappa shape index (κ3) is 3.84. The first kappa shape index (κ1) is 17.3. The Balaban J connectivity index is 1.47. The first-order valence-electron chi connectivity index (χ1n) is 9.05. The SMILES string of the molecule is Cc1ccoc1C(=O)N1Cc2ccnn2CC(CCNc2ncccn2)C1. The van der Waals surface area contributed by atoms with Crippen LogP contribution in [0.1, 0.15) is 28.2 Å². The fourth-order valence-electron chi connectivity index (χ4n) is 3.38. The minimum Gasteiger partial charge on any atom is -0.459 e. The number of aromatic nitrogens is 4. The molecule has 1 N–H and O–H groups in total. The Hall–Kier alpha value is -3.16. The summed E-state index contributed by atoms with van der Waals surface area (Å²) in [5.74, 6) is 1.22. The summed E-state index contributed by atoms with van der Waals surface area (Å²) < 4.78 is 7.41. The monoisotopic (exact) mass is 366 g/mol. The number of carbonyl (C=O) groups is 1. The standard InChI is InChI=1S/C19H22N6O2/c1-14-5-10-27-17(14)18(26)24-11-15(12-25-16(13-24)4-9-23-25)3-8-22-19-20-6-2-7-21-19/h2,4-7,9-10,15H,3,8,11-13H2,1H3,(H,20,21,22). The van der Waals surface area contributed by atoms with Crippen molar-refractivity contribution in [3.63, 3.8) is 0 Å². The lowest BCUT2D eigenvalue weighted by molar-refractivity contribution is 0.0686. The van der Waals surface area contributed by atoms with E-state index < -0.39 is 0 Å². The van der Waals surface area contributed by atoms with Gasteiger partial charge < -0.3 is 14.6 Å². The molecule has 1 amide bonds. The van der Waals surface area contributed by atoms with E-state index in [0.29, 0.717) is 24.8 Å². The highest BCUT2D eigenvalue weighted by Crippen LogP contribution is 2.21. The number of nitrogens with one attached hydrogen (secondary N) is 1. The molecule has 0 aliphatic carbocycles. The summed E-state index contributed by atoms with van der Waals surface area (Å²) in [6.45, 7) is 4.58. The molecule has 0 spiro atoms. The molecule has 8 nitrogen and oxygen atoms in total. The maximum Gasteiger partial charge on any atom is 0.290 e. The van der Waals surface area contributed by atoms with Gasteiger partial charge in [0.1, 0.15) is 0 Å². The van der Waals surface area contributed by atoms with Gasteiger partial charge in [0.15, 0.2) is 5.76 Å². The Bertz CT molecular complexity index is 904. The summed E-state index contributed by atoms with van der Waals surface area (Å²) in [5.41, 5.74) is 1.90. The molecule has 0 saturated heterocycles. The topological polar surface area (TPSA) is 89.1 Å². The lowest BCUT2D eigenvalue weighted by atomic mass is 10.0. The van der Waals surface area contributed by atoms with Gasteiger partial charge >= 0.3 is 0 Å². The molecular weight excluding hydrogens is 344 g/mol. The number of nitrogens with zero attached hydrogens (tertiary/aromatic N) is 5. The molecule has 8 heteroatoms. The number of fused-ring (bicyclic) bond motifs is 1. The zero-order chi connectivity index (χ0) is 18.6. The van der Waals surface area contributed by atoms with Crippen molar-refractivity contribution >= 4 is 11.9 Å². The van der Waals surface area contributed by atoms with E-state index in [0.717, 1.165) is 30.8 Å². The van der Waals surface area contributed by atoms with Gasteiger partial charge in [-0.3, -0.25) is 9.48 Å². The van der Waals surface area contributed by atoms with Gasteiger partial charge in [-0.1, -0.05) is 0 Å². The van der Waals surface area contributed by atoms with Crippen molar-refractivity contribution in [2.75, 3.05) is 18.4 Å². The van der Waals surface area contributed by atoms with Gasteiger partial charge in [-0.15, -0.1) is 0 Å². The number of hydrogen-bond donors (Lipinski definition) is 1. The molecule has 0 radical (unpaired) electrons. The summed E-state index contributed by atoms with van der Waals surface area (Å²) in [5, 5.41) is 7.65. The molecule has 1 aliphatic heterocycles. The molecule has 0 saturated carbocycles. The second-order valence-electron chi connectivity index (χ2n) is 6.78. The highest BCUT2D eigenvalue weighted by molar-refractivity contribution is 5.92. The van der Waals surface area contributed by atoms with Gasteiger partial charge in [0, 0.05) is 43.8 Å². The molecule has 0 aromatic carbocycles. The first-order valence-corrected chi connectivity index (χ1v) is 9.05. The van der Waals surface area contributed by atoms with Crippen LogP contribution in [-0.2, 0) is 13.1 Å². The minimum atomic E-state index is -0.0727. The van der Waals surface area contributed by atoms with Crippen LogP contribution in [0.2, 0.25) is 0 Å². The van der Waals surface area contributed by atoms with Gasteiger partial charge in [0.05, 0.1) is 18.5 Å². The van der Waals surface area contributed by atoms with E-state index in [1.165, 1.54) is 0 Å². The third-order valence-corrected chi connectivity index (χ3v) is 4.81. The van der Waals surface area contributed by atoms with Crippen LogP contribution < -0.4 is 5.32 Å². The molecule has 140 valence electrons. The number of hydrogen-bond acceptors (Lipinski definition) is 6. The molecular formula is C19H22N6O2. The smallest absolute Gasteiger partial charge is 0.290 e. The van der Waals surface area contributed by atoms with E-state index in [1.807, 2.05) is 28.6 Å². The Morgan fingerprint density at radius 3 is 2.89 bits per heavy atom. The van der Waals surface area contributed by atoms with Gasteiger partial charge in [0.2, 0.25) is 5.95 Å². The maximum atomic E-state index is 13.0. The molecule has 3 aromatic rings. The van der Waals surface area contributed by atoms with E-state index in [-0.39, 0.29) is 11.8 Å². The minimum absolute atomic E-state index is 0.0727. The fourth-order valence-corrected chi connectivity index (χ4v) is 3.38. The second kappa shape index (κ2) is 7.61. The molecule has 4 heterocycles. The number of anilines is 1. The highest BCUT2D eigenvalue weighted by atomic mass is 16.3. The average molecular weight is 366 g/mol. The summed E-state index contributed by atoms with van der Waals surface area (Å²) in [6, 6.07) is 5.57. The van der Waals surface area contributed by atoms with E-state index in [1.54, 1.807) is 30.9 Å². The molecule has 3 aromatic heterocycles. The predicted molar refractivity (Wildman–Crippen MR) is 99.0 cm³/mol. The zero-order valence-electron chi connectivity index (χ0n) is 15.2. The van der Waals surface area contributed by atoms with Crippen LogP contribution in [0, 0.1) is 12.8 Å². The van der Waals surface area contributed by atoms with Crippen molar-refractivity contribution < 1.29 is 9.21 Å². The van der Waals surface area contributed by atoms with Crippen molar-refractivity contribution in [2.24, 2.45) is 5.92 Å². The molecule has 0 fully saturated rings. The Morgan fingerprint density at radius 2 is 2.11 bits per heavy atom. The van der Waals surface area contributed by atoms with E-state index in [4.69, 9.17) is 4.42 Å². The van der Waals surface area contributed by atoms with Crippen LogP contribution in [-0.4, -0.2) is 43.6 Å². The molecule has 4 rings (SSSR count). The van der Waals surface area contributed by atoms with Crippen LogP contribution in [0.15, 0.2) is 47.5 Å². The van der Waals surface area contributed by atoms with Crippen molar-refractivity contribution in [3.8, 4) is 0 Å². The molecule has 0 bridgehead atoms. The van der Waals surface area contributed by atoms with Gasteiger partial charge in [0.25, 0.3) is 5.91 Å². The van der Waals surface area contributed by atoms with E-state index in [2.05, 4.69) is 20.4 Å². The fraction of sp³-hybridized carbons (Fsp3) is 0.368. The lowest BCUT2D eigenvalue weighted by Gasteiger charge is -2.23. The zero-order valence-corrected chi connectivity index (χ0v) is 15.2.